The van der Waals surface area contributed by atoms with Crippen LogP contribution in [0, 0.1) is 11.8 Å². The van der Waals surface area contributed by atoms with E-state index >= 15 is 0 Å². The van der Waals surface area contributed by atoms with Crippen LogP contribution in [-0.2, 0) is 16.6 Å². The van der Waals surface area contributed by atoms with Gasteiger partial charge in [0.15, 0.2) is 0 Å². The standard InChI is InChI=1S/C16H25N3O3/c1-11(2)14-9-12(6-8-22-14)10-15(20)17-18-16(21)13-5-4-7-19(13)3/h4-5,7,11-12,14H,6,8-10H2,1-3H3,(H,17,20)(H,18,21). The maximum atomic E-state index is 12.0. The number of hydrogen-bond acceptors (Lipinski definition) is 3. The minimum absolute atomic E-state index is 0.156. The van der Waals surface area contributed by atoms with Crippen molar-refractivity contribution in [3.05, 3.63) is 24.0 Å². The number of nitrogens with one attached hydrogen (secondary N) is 2. The molecule has 1 fully saturated rings. The lowest BCUT2D eigenvalue weighted by atomic mass is 9.88. The highest BCUT2D eigenvalue weighted by atomic mass is 16.5. The van der Waals surface area contributed by atoms with Crippen LogP contribution >= 0.6 is 0 Å². The summed E-state index contributed by atoms with van der Waals surface area (Å²) in [6, 6.07) is 3.48. The molecule has 1 aromatic heterocycles. The summed E-state index contributed by atoms with van der Waals surface area (Å²) in [5, 5.41) is 0. The molecule has 2 rings (SSSR count). The first-order valence-electron chi connectivity index (χ1n) is 7.79. The highest BCUT2D eigenvalue weighted by Gasteiger charge is 2.26. The van der Waals surface area contributed by atoms with Gasteiger partial charge in [0, 0.05) is 26.3 Å². The maximum absolute atomic E-state index is 12.0. The van der Waals surface area contributed by atoms with Gasteiger partial charge in [-0.3, -0.25) is 20.4 Å². The Hall–Kier alpha value is -1.82. The van der Waals surface area contributed by atoms with Gasteiger partial charge in [0.25, 0.3) is 5.91 Å². The Morgan fingerprint density at radius 1 is 1.41 bits per heavy atom. The fourth-order valence-electron chi connectivity index (χ4n) is 2.75. The molecule has 0 radical (unpaired) electrons. The lowest BCUT2D eigenvalue weighted by Gasteiger charge is -2.31. The van der Waals surface area contributed by atoms with E-state index in [1.165, 1.54) is 0 Å². The van der Waals surface area contributed by atoms with Crippen LogP contribution in [0.3, 0.4) is 0 Å². The molecule has 6 heteroatoms. The highest BCUT2D eigenvalue weighted by molar-refractivity contribution is 5.94. The number of aromatic nitrogens is 1. The molecular formula is C16H25N3O3. The molecule has 0 aliphatic carbocycles. The molecule has 22 heavy (non-hydrogen) atoms. The predicted molar refractivity (Wildman–Crippen MR) is 82.9 cm³/mol. The van der Waals surface area contributed by atoms with E-state index in [9.17, 15) is 9.59 Å². The molecule has 1 aliphatic rings. The Balaban J connectivity index is 1.76. The molecule has 1 saturated heterocycles. The summed E-state index contributed by atoms with van der Waals surface area (Å²) in [7, 11) is 1.78. The minimum Gasteiger partial charge on any atom is -0.378 e. The van der Waals surface area contributed by atoms with E-state index in [1.54, 1.807) is 29.9 Å². The molecule has 0 spiro atoms. The fourth-order valence-corrected chi connectivity index (χ4v) is 2.75. The topological polar surface area (TPSA) is 72.4 Å². The average molecular weight is 307 g/mol. The van der Waals surface area contributed by atoms with Gasteiger partial charge in [-0.25, -0.2) is 0 Å². The molecule has 2 amide bonds. The van der Waals surface area contributed by atoms with Crippen molar-refractivity contribution in [2.75, 3.05) is 6.61 Å². The van der Waals surface area contributed by atoms with Crippen molar-refractivity contribution in [2.45, 2.75) is 39.2 Å². The summed E-state index contributed by atoms with van der Waals surface area (Å²) >= 11 is 0. The zero-order valence-corrected chi connectivity index (χ0v) is 13.5. The van der Waals surface area contributed by atoms with E-state index in [4.69, 9.17) is 4.74 Å². The number of amides is 2. The number of hydrogen-bond donors (Lipinski definition) is 2. The number of nitrogens with zero attached hydrogens (tertiary/aromatic N) is 1. The van der Waals surface area contributed by atoms with E-state index in [1.807, 2.05) is 0 Å². The van der Waals surface area contributed by atoms with Gasteiger partial charge in [0.2, 0.25) is 5.91 Å². The van der Waals surface area contributed by atoms with Crippen molar-refractivity contribution in [2.24, 2.45) is 18.9 Å². The van der Waals surface area contributed by atoms with Crippen LogP contribution in [0.15, 0.2) is 18.3 Å². The van der Waals surface area contributed by atoms with Crippen molar-refractivity contribution in [1.29, 1.82) is 0 Å². The summed E-state index contributed by atoms with van der Waals surface area (Å²) < 4.78 is 7.41. The van der Waals surface area contributed by atoms with E-state index in [2.05, 4.69) is 24.7 Å². The lowest BCUT2D eigenvalue weighted by molar-refractivity contribution is -0.124. The number of carbonyl (C=O) groups excluding carboxylic acids is 2. The molecule has 2 unspecified atom stereocenters. The van der Waals surface area contributed by atoms with Crippen LogP contribution in [0.1, 0.15) is 43.6 Å². The lowest BCUT2D eigenvalue weighted by Crippen LogP contribution is -2.43. The summed E-state index contributed by atoms with van der Waals surface area (Å²) in [5.74, 6) is 0.306. The zero-order chi connectivity index (χ0) is 16.1. The van der Waals surface area contributed by atoms with Gasteiger partial charge in [0.05, 0.1) is 6.10 Å². The third-order valence-corrected chi connectivity index (χ3v) is 4.13. The van der Waals surface area contributed by atoms with Gasteiger partial charge < -0.3 is 9.30 Å². The smallest absolute Gasteiger partial charge is 0.286 e. The van der Waals surface area contributed by atoms with E-state index in [-0.39, 0.29) is 17.9 Å². The first kappa shape index (κ1) is 16.5. The predicted octanol–water partition coefficient (Wildman–Crippen LogP) is 1.63. The molecule has 122 valence electrons. The third-order valence-electron chi connectivity index (χ3n) is 4.13. The average Bonchev–Trinajstić information content (AvgIpc) is 2.91. The van der Waals surface area contributed by atoms with Gasteiger partial charge in [0.1, 0.15) is 5.69 Å². The molecule has 2 atom stereocenters. The third kappa shape index (κ3) is 4.34. The molecule has 1 aromatic rings. The minimum atomic E-state index is -0.312. The van der Waals surface area contributed by atoms with E-state index < -0.39 is 0 Å². The number of hydrazine groups is 1. The van der Waals surface area contributed by atoms with E-state index in [0.717, 1.165) is 12.8 Å². The second kappa shape index (κ2) is 7.45. The van der Waals surface area contributed by atoms with Crippen LogP contribution in [-0.4, -0.2) is 29.1 Å². The molecule has 6 nitrogen and oxygen atoms in total. The first-order chi connectivity index (χ1) is 10.5. The Bertz CT molecular complexity index is 524. The molecular weight excluding hydrogens is 282 g/mol. The SMILES string of the molecule is CC(C)C1CC(CC(=O)NNC(=O)c2cccn2C)CCO1. The van der Waals surface area contributed by atoms with Crippen molar-refractivity contribution in [3.8, 4) is 0 Å². The van der Waals surface area contributed by atoms with Crippen LogP contribution in [0.2, 0.25) is 0 Å². The molecule has 0 saturated carbocycles. The molecule has 2 N–H and O–H groups in total. The van der Waals surface area contributed by atoms with Crippen LogP contribution in [0.4, 0.5) is 0 Å². The largest absolute Gasteiger partial charge is 0.378 e. The molecule has 0 aromatic carbocycles. The number of ether oxygens (including phenoxy) is 1. The maximum Gasteiger partial charge on any atom is 0.286 e. The van der Waals surface area contributed by atoms with Gasteiger partial charge in [-0.15, -0.1) is 0 Å². The van der Waals surface area contributed by atoms with Crippen LogP contribution in [0.25, 0.3) is 0 Å². The Labute approximate surface area is 131 Å². The van der Waals surface area contributed by atoms with Crippen molar-refractivity contribution >= 4 is 11.8 Å². The number of rotatable bonds is 4. The molecule has 2 heterocycles. The molecule has 1 aliphatic heterocycles. The monoisotopic (exact) mass is 307 g/mol. The summed E-state index contributed by atoms with van der Waals surface area (Å²) in [6.45, 7) is 4.97. The van der Waals surface area contributed by atoms with Gasteiger partial charge in [-0.1, -0.05) is 13.8 Å². The zero-order valence-electron chi connectivity index (χ0n) is 13.5. The van der Waals surface area contributed by atoms with Gasteiger partial charge in [-0.05, 0) is 36.8 Å². The summed E-state index contributed by atoms with van der Waals surface area (Å²) in [6.07, 6.45) is 4.22. The van der Waals surface area contributed by atoms with Gasteiger partial charge in [-0.2, -0.15) is 0 Å². The van der Waals surface area contributed by atoms with Crippen molar-refractivity contribution < 1.29 is 14.3 Å². The number of carbonyl (C=O) groups is 2. The Morgan fingerprint density at radius 2 is 2.18 bits per heavy atom. The first-order valence-corrected chi connectivity index (χ1v) is 7.79. The second-order valence-corrected chi connectivity index (χ2v) is 6.25. The molecule has 0 bridgehead atoms. The summed E-state index contributed by atoms with van der Waals surface area (Å²) in [5.41, 5.74) is 5.46. The fraction of sp³-hybridized carbons (Fsp3) is 0.625. The Kier molecular flexibility index (Phi) is 5.60. The second-order valence-electron chi connectivity index (χ2n) is 6.25. The number of aryl methyl sites for hydroxylation is 1. The summed E-state index contributed by atoms with van der Waals surface area (Å²) in [4.78, 5) is 23.9. The normalized spacial score (nSPS) is 21.6. The van der Waals surface area contributed by atoms with Crippen molar-refractivity contribution in [1.82, 2.24) is 15.4 Å². The van der Waals surface area contributed by atoms with Crippen molar-refractivity contribution in [3.63, 3.8) is 0 Å². The van der Waals surface area contributed by atoms with Crippen LogP contribution in [0.5, 0.6) is 0 Å². The Morgan fingerprint density at radius 3 is 2.82 bits per heavy atom. The van der Waals surface area contributed by atoms with E-state index in [0.29, 0.717) is 30.6 Å². The quantitative estimate of drug-likeness (QED) is 0.830. The van der Waals surface area contributed by atoms with Gasteiger partial charge >= 0.3 is 0 Å². The highest BCUT2D eigenvalue weighted by Crippen LogP contribution is 2.26. The van der Waals surface area contributed by atoms with Crippen LogP contribution < -0.4 is 10.9 Å².